The largest absolute Gasteiger partial charge is 0.390 e. The molecule has 31 heavy (non-hydrogen) atoms. The van der Waals surface area contributed by atoms with Gasteiger partial charge in [-0.05, 0) is 38.7 Å². The summed E-state index contributed by atoms with van der Waals surface area (Å²) in [4.78, 5) is 16.4. The number of aliphatic hydroxyl groups excluding tert-OH is 1. The van der Waals surface area contributed by atoms with Crippen molar-refractivity contribution in [2.45, 2.75) is 56.2 Å². The Kier molecular flexibility index (Phi) is 6.40. The van der Waals surface area contributed by atoms with Crippen LogP contribution < -0.4 is 4.90 Å². The number of aryl methyl sites for hydroxylation is 1. The highest BCUT2D eigenvalue weighted by Gasteiger charge is 2.47. The van der Waals surface area contributed by atoms with Gasteiger partial charge in [-0.2, -0.15) is 5.26 Å². The Morgan fingerprint density at radius 2 is 2.10 bits per heavy atom. The van der Waals surface area contributed by atoms with Crippen LogP contribution >= 0.6 is 23.4 Å². The Balaban J connectivity index is 1.56. The lowest BCUT2D eigenvalue weighted by Gasteiger charge is -2.42. The summed E-state index contributed by atoms with van der Waals surface area (Å²) in [5, 5.41) is 20.1. The van der Waals surface area contributed by atoms with Crippen molar-refractivity contribution in [3.63, 3.8) is 0 Å². The Morgan fingerprint density at radius 1 is 1.35 bits per heavy atom. The van der Waals surface area contributed by atoms with E-state index in [1.54, 1.807) is 12.3 Å². The van der Waals surface area contributed by atoms with Crippen LogP contribution in [0.25, 0.3) is 0 Å². The van der Waals surface area contributed by atoms with E-state index in [4.69, 9.17) is 31.6 Å². The standard InChI is InChI=1S/C22H26ClN5O2S/c1-13-15(3)30-12-22(13)5-8-28(9-6-22)20-17(11-29)27-21(14(2)26-20)31-18-4-7-25-16(10-24)19(18)23/h4,7,13,15,29H,5-6,8-9,11-12H2,1-3H3/t13-,15+/m1/s1. The second-order valence-electron chi connectivity index (χ2n) is 8.38. The predicted molar refractivity (Wildman–Crippen MR) is 119 cm³/mol. The Morgan fingerprint density at radius 3 is 2.71 bits per heavy atom. The molecule has 1 N–H and O–H groups in total. The van der Waals surface area contributed by atoms with Crippen LogP contribution in [0.5, 0.6) is 0 Å². The average Bonchev–Trinajstić information content (AvgIpc) is 3.05. The summed E-state index contributed by atoms with van der Waals surface area (Å²) in [5.41, 5.74) is 1.73. The molecule has 4 rings (SSSR count). The molecule has 0 bridgehead atoms. The van der Waals surface area contributed by atoms with Gasteiger partial charge in [-0.15, -0.1) is 0 Å². The minimum Gasteiger partial charge on any atom is -0.390 e. The van der Waals surface area contributed by atoms with Gasteiger partial charge in [0.05, 0.1) is 30.0 Å². The number of aromatic nitrogens is 3. The Labute approximate surface area is 191 Å². The van der Waals surface area contributed by atoms with Gasteiger partial charge in [0.2, 0.25) is 0 Å². The number of hydrogen-bond acceptors (Lipinski definition) is 8. The Bertz CT molecular complexity index is 1020. The van der Waals surface area contributed by atoms with Crippen molar-refractivity contribution in [3.05, 3.63) is 34.4 Å². The van der Waals surface area contributed by atoms with Gasteiger partial charge in [0.15, 0.2) is 11.5 Å². The van der Waals surface area contributed by atoms with Crippen LogP contribution in [0.4, 0.5) is 5.82 Å². The van der Waals surface area contributed by atoms with Crippen molar-refractivity contribution in [2.75, 3.05) is 24.6 Å². The summed E-state index contributed by atoms with van der Waals surface area (Å²) in [6, 6.07) is 3.74. The molecule has 2 aliphatic rings. The molecule has 7 nitrogen and oxygen atoms in total. The van der Waals surface area contributed by atoms with E-state index in [1.165, 1.54) is 11.8 Å². The van der Waals surface area contributed by atoms with Gasteiger partial charge in [0, 0.05) is 29.6 Å². The van der Waals surface area contributed by atoms with Gasteiger partial charge in [-0.25, -0.2) is 15.0 Å². The fourth-order valence-electron chi connectivity index (χ4n) is 4.50. The van der Waals surface area contributed by atoms with Gasteiger partial charge in [0.25, 0.3) is 0 Å². The molecule has 0 aliphatic carbocycles. The molecule has 0 saturated carbocycles. The third-order valence-corrected chi connectivity index (χ3v) is 8.39. The van der Waals surface area contributed by atoms with Crippen molar-refractivity contribution in [1.29, 1.82) is 5.26 Å². The molecular weight excluding hydrogens is 434 g/mol. The van der Waals surface area contributed by atoms with Gasteiger partial charge < -0.3 is 14.7 Å². The Hall–Kier alpha value is -1.92. The number of piperidine rings is 1. The number of ether oxygens (including phenoxy) is 1. The van der Waals surface area contributed by atoms with Crippen molar-refractivity contribution in [2.24, 2.45) is 11.3 Å². The summed E-state index contributed by atoms with van der Waals surface area (Å²) in [6.45, 7) is 8.74. The summed E-state index contributed by atoms with van der Waals surface area (Å²) < 4.78 is 5.94. The van der Waals surface area contributed by atoms with Crippen molar-refractivity contribution < 1.29 is 9.84 Å². The molecule has 2 saturated heterocycles. The highest BCUT2D eigenvalue weighted by atomic mass is 35.5. The molecule has 0 unspecified atom stereocenters. The van der Waals surface area contributed by atoms with Crippen molar-refractivity contribution >= 4 is 29.2 Å². The van der Waals surface area contributed by atoms with E-state index in [1.807, 2.05) is 13.0 Å². The molecule has 2 aliphatic heterocycles. The SMILES string of the molecule is Cc1nc(N2CCC3(CC2)CO[C@@H](C)[C@H]3C)c(CO)nc1Sc1ccnc(C#N)c1Cl. The van der Waals surface area contributed by atoms with Crippen LogP contribution in [0.3, 0.4) is 0 Å². The number of nitrogens with zero attached hydrogens (tertiary/aromatic N) is 5. The highest BCUT2D eigenvalue weighted by Crippen LogP contribution is 2.47. The first-order valence-electron chi connectivity index (χ1n) is 10.5. The van der Waals surface area contributed by atoms with Gasteiger partial charge in [-0.3, -0.25) is 0 Å². The topological polar surface area (TPSA) is 95.2 Å². The number of rotatable bonds is 4. The van der Waals surface area contributed by atoms with Crippen LogP contribution in [0.15, 0.2) is 22.2 Å². The van der Waals surface area contributed by atoms with E-state index in [2.05, 4.69) is 23.7 Å². The summed E-state index contributed by atoms with van der Waals surface area (Å²) in [6.07, 6.45) is 3.95. The molecule has 2 fully saturated rings. The molecule has 2 aromatic heterocycles. The molecule has 0 radical (unpaired) electrons. The minimum absolute atomic E-state index is 0.179. The van der Waals surface area contributed by atoms with E-state index in [9.17, 15) is 5.11 Å². The summed E-state index contributed by atoms with van der Waals surface area (Å²) >= 11 is 7.63. The number of halogens is 1. The highest BCUT2D eigenvalue weighted by molar-refractivity contribution is 7.99. The smallest absolute Gasteiger partial charge is 0.160 e. The quantitative estimate of drug-likeness (QED) is 0.733. The lowest BCUT2D eigenvalue weighted by atomic mass is 9.70. The first kappa shape index (κ1) is 22.3. The normalized spacial score (nSPS) is 22.6. The summed E-state index contributed by atoms with van der Waals surface area (Å²) in [5.74, 6) is 1.29. The minimum atomic E-state index is -0.193. The number of aliphatic hydroxyl groups is 1. The molecule has 1 spiro atoms. The fourth-order valence-corrected chi connectivity index (χ4v) is 5.64. The third-order valence-electron chi connectivity index (χ3n) is 6.76. The molecule has 0 amide bonds. The maximum atomic E-state index is 10.0. The second kappa shape index (κ2) is 8.91. The van der Waals surface area contributed by atoms with Crippen molar-refractivity contribution in [3.8, 4) is 6.07 Å². The number of anilines is 1. The zero-order chi connectivity index (χ0) is 22.2. The van der Waals surface area contributed by atoms with Crippen LogP contribution in [-0.4, -0.2) is 45.9 Å². The van der Waals surface area contributed by atoms with Crippen molar-refractivity contribution in [1.82, 2.24) is 15.0 Å². The maximum Gasteiger partial charge on any atom is 0.160 e. The average molecular weight is 460 g/mol. The van der Waals surface area contributed by atoms with E-state index >= 15 is 0 Å². The second-order valence-corrected chi connectivity index (χ2v) is 9.79. The van der Waals surface area contributed by atoms with E-state index in [0.29, 0.717) is 32.7 Å². The predicted octanol–water partition coefficient (Wildman–Crippen LogP) is 3.99. The fraction of sp³-hybridized carbons (Fsp3) is 0.545. The molecule has 4 heterocycles. The first-order valence-corrected chi connectivity index (χ1v) is 11.7. The zero-order valence-corrected chi connectivity index (χ0v) is 19.5. The molecule has 9 heteroatoms. The van der Waals surface area contributed by atoms with Crippen LogP contribution in [-0.2, 0) is 11.3 Å². The number of hydrogen-bond donors (Lipinski definition) is 1. The number of nitriles is 1. The third kappa shape index (κ3) is 4.12. The molecule has 2 aromatic rings. The van der Waals surface area contributed by atoms with Gasteiger partial charge in [0.1, 0.15) is 16.8 Å². The molecule has 2 atom stereocenters. The van der Waals surface area contributed by atoms with Crippen LogP contribution in [0, 0.1) is 29.6 Å². The first-order chi connectivity index (χ1) is 14.9. The van der Waals surface area contributed by atoms with E-state index in [0.717, 1.165) is 44.0 Å². The van der Waals surface area contributed by atoms with E-state index in [-0.39, 0.29) is 17.7 Å². The zero-order valence-electron chi connectivity index (χ0n) is 17.9. The lowest BCUT2D eigenvalue weighted by Crippen LogP contribution is -2.44. The van der Waals surface area contributed by atoms with E-state index < -0.39 is 0 Å². The lowest BCUT2D eigenvalue weighted by molar-refractivity contribution is 0.0969. The summed E-state index contributed by atoms with van der Waals surface area (Å²) in [7, 11) is 0. The molecule has 0 aromatic carbocycles. The van der Waals surface area contributed by atoms with Gasteiger partial charge in [-0.1, -0.05) is 30.3 Å². The van der Waals surface area contributed by atoms with Crippen LogP contribution in [0.2, 0.25) is 5.02 Å². The van der Waals surface area contributed by atoms with Crippen LogP contribution in [0.1, 0.15) is 43.8 Å². The number of pyridine rings is 1. The van der Waals surface area contributed by atoms with Gasteiger partial charge >= 0.3 is 0 Å². The molecular formula is C22H26ClN5O2S. The monoisotopic (exact) mass is 459 g/mol. The maximum absolute atomic E-state index is 10.0. The molecule has 164 valence electrons.